The van der Waals surface area contributed by atoms with E-state index in [0.717, 1.165) is 36.4 Å². The molecule has 1 aromatic rings. The van der Waals surface area contributed by atoms with Gasteiger partial charge in [-0.05, 0) is 98.7 Å². The molecule has 4 fully saturated rings. The number of fused-ring (bicyclic) bond motifs is 5. The SMILES string of the molecule is CCn1nccc1/C=C1/C[C@@H]2[C@H]3CC[C@H]4CCCC[C@]4(C)[C@@H]3CC[C@@]2(C)[C@@H]1O. The van der Waals surface area contributed by atoms with Crippen molar-refractivity contribution in [2.75, 3.05) is 0 Å². The number of aryl methyl sites for hydroxylation is 1. The fourth-order valence-electron chi connectivity index (χ4n) is 8.21. The zero-order valence-corrected chi connectivity index (χ0v) is 18.0. The van der Waals surface area contributed by atoms with Gasteiger partial charge < -0.3 is 5.11 Å². The van der Waals surface area contributed by atoms with E-state index in [1.807, 2.05) is 10.9 Å². The molecule has 3 heteroatoms. The van der Waals surface area contributed by atoms with Crippen molar-refractivity contribution in [2.45, 2.75) is 91.2 Å². The molecule has 0 bridgehead atoms. The molecule has 28 heavy (non-hydrogen) atoms. The lowest BCUT2D eigenvalue weighted by atomic mass is 9.45. The van der Waals surface area contributed by atoms with Crippen molar-refractivity contribution in [3.8, 4) is 0 Å². The molecule has 0 unspecified atom stereocenters. The first-order valence-electron chi connectivity index (χ1n) is 11.9. The Morgan fingerprint density at radius 2 is 1.96 bits per heavy atom. The van der Waals surface area contributed by atoms with Crippen LogP contribution in [0.3, 0.4) is 0 Å². The first-order chi connectivity index (χ1) is 13.5. The summed E-state index contributed by atoms with van der Waals surface area (Å²) >= 11 is 0. The number of hydrogen-bond acceptors (Lipinski definition) is 2. The number of rotatable bonds is 2. The van der Waals surface area contributed by atoms with E-state index in [1.54, 1.807) is 0 Å². The third-order valence-electron chi connectivity index (χ3n) is 9.83. The van der Waals surface area contributed by atoms with Crippen molar-refractivity contribution < 1.29 is 5.11 Å². The first-order valence-corrected chi connectivity index (χ1v) is 11.9. The Hall–Kier alpha value is -1.09. The molecule has 1 N–H and O–H groups in total. The second-order valence-corrected chi connectivity index (χ2v) is 10.8. The van der Waals surface area contributed by atoms with Crippen molar-refractivity contribution >= 4 is 6.08 Å². The van der Waals surface area contributed by atoms with Crippen LogP contribution >= 0.6 is 0 Å². The summed E-state index contributed by atoms with van der Waals surface area (Å²) in [5.74, 6) is 3.32. The molecule has 4 saturated carbocycles. The summed E-state index contributed by atoms with van der Waals surface area (Å²) in [6.07, 6.45) is 16.1. The second-order valence-electron chi connectivity index (χ2n) is 10.8. The number of aliphatic hydroxyl groups is 1. The highest BCUT2D eigenvalue weighted by atomic mass is 16.3. The summed E-state index contributed by atoms with van der Waals surface area (Å²) in [6, 6.07) is 2.09. The average Bonchev–Trinajstić information content (AvgIpc) is 3.24. The zero-order valence-electron chi connectivity index (χ0n) is 18.0. The van der Waals surface area contributed by atoms with E-state index in [4.69, 9.17) is 0 Å². The number of hydrogen-bond donors (Lipinski definition) is 1. The Balaban J connectivity index is 1.46. The Bertz CT molecular complexity index is 766. The van der Waals surface area contributed by atoms with Crippen molar-refractivity contribution in [3.05, 3.63) is 23.5 Å². The summed E-state index contributed by atoms with van der Waals surface area (Å²) in [7, 11) is 0. The fourth-order valence-corrected chi connectivity index (χ4v) is 8.21. The van der Waals surface area contributed by atoms with Crippen LogP contribution in [0.1, 0.15) is 84.3 Å². The summed E-state index contributed by atoms with van der Waals surface area (Å²) in [6.45, 7) is 8.05. The molecule has 0 radical (unpaired) electrons. The third kappa shape index (κ3) is 2.61. The third-order valence-corrected chi connectivity index (χ3v) is 9.83. The van der Waals surface area contributed by atoms with Crippen LogP contribution in [-0.2, 0) is 6.54 Å². The molecule has 0 amide bonds. The Morgan fingerprint density at radius 3 is 2.79 bits per heavy atom. The first kappa shape index (κ1) is 18.9. The van der Waals surface area contributed by atoms with Crippen molar-refractivity contribution in [3.63, 3.8) is 0 Å². The Kier molecular flexibility index (Phi) is 4.54. The molecule has 0 aliphatic heterocycles. The van der Waals surface area contributed by atoms with Gasteiger partial charge in [0.05, 0.1) is 11.8 Å². The lowest BCUT2D eigenvalue weighted by molar-refractivity contribution is -0.119. The molecular weight excluding hydrogens is 344 g/mol. The number of aliphatic hydroxyl groups excluding tert-OH is 1. The predicted octanol–water partition coefficient (Wildman–Crippen LogP) is 5.69. The van der Waals surface area contributed by atoms with Crippen LogP contribution < -0.4 is 0 Å². The summed E-state index contributed by atoms with van der Waals surface area (Å²) in [5, 5.41) is 15.8. The largest absolute Gasteiger partial charge is 0.388 e. The smallest absolute Gasteiger partial charge is 0.0810 e. The summed E-state index contributed by atoms with van der Waals surface area (Å²) < 4.78 is 2.04. The number of nitrogens with zero attached hydrogens (tertiary/aromatic N) is 2. The monoisotopic (exact) mass is 382 g/mol. The van der Waals surface area contributed by atoms with E-state index >= 15 is 0 Å². The van der Waals surface area contributed by atoms with Crippen LogP contribution in [-0.4, -0.2) is 21.0 Å². The van der Waals surface area contributed by atoms with Crippen molar-refractivity contribution in [1.82, 2.24) is 9.78 Å². The minimum atomic E-state index is -0.282. The minimum Gasteiger partial charge on any atom is -0.388 e. The van der Waals surface area contributed by atoms with Crippen molar-refractivity contribution in [2.24, 2.45) is 34.5 Å². The molecule has 1 aromatic heterocycles. The van der Waals surface area contributed by atoms with Gasteiger partial charge in [0.2, 0.25) is 0 Å². The molecule has 7 atom stereocenters. The highest BCUT2D eigenvalue weighted by Crippen LogP contribution is 2.67. The minimum absolute atomic E-state index is 0.0714. The van der Waals surface area contributed by atoms with E-state index in [0.29, 0.717) is 11.3 Å². The van der Waals surface area contributed by atoms with E-state index in [1.165, 1.54) is 56.9 Å². The van der Waals surface area contributed by atoms with Gasteiger partial charge in [-0.2, -0.15) is 5.10 Å². The maximum atomic E-state index is 11.4. The number of aromatic nitrogens is 2. The van der Waals surface area contributed by atoms with Gasteiger partial charge >= 0.3 is 0 Å². The fraction of sp³-hybridized carbons (Fsp3) is 0.800. The molecular formula is C25H38N2O. The van der Waals surface area contributed by atoms with Gasteiger partial charge in [0.1, 0.15) is 0 Å². The van der Waals surface area contributed by atoms with Crippen LogP contribution in [0.25, 0.3) is 6.08 Å². The van der Waals surface area contributed by atoms with Crippen LogP contribution in [0, 0.1) is 34.5 Å². The van der Waals surface area contributed by atoms with E-state index < -0.39 is 0 Å². The molecule has 4 aliphatic carbocycles. The van der Waals surface area contributed by atoms with Crippen LogP contribution in [0.5, 0.6) is 0 Å². The summed E-state index contributed by atoms with van der Waals surface area (Å²) in [4.78, 5) is 0. The lowest BCUT2D eigenvalue weighted by Gasteiger charge is -2.60. The molecule has 4 aliphatic rings. The molecule has 3 nitrogen and oxygen atoms in total. The van der Waals surface area contributed by atoms with Crippen LogP contribution in [0.2, 0.25) is 0 Å². The molecule has 1 heterocycles. The molecule has 0 spiro atoms. The summed E-state index contributed by atoms with van der Waals surface area (Å²) in [5.41, 5.74) is 3.06. The van der Waals surface area contributed by atoms with Gasteiger partial charge in [-0.15, -0.1) is 0 Å². The molecule has 0 saturated heterocycles. The average molecular weight is 383 g/mol. The lowest BCUT2D eigenvalue weighted by Crippen LogP contribution is -2.53. The van der Waals surface area contributed by atoms with Crippen molar-refractivity contribution in [1.29, 1.82) is 0 Å². The highest BCUT2D eigenvalue weighted by Gasteiger charge is 2.60. The Labute approximate surface area is 170 Å². The maximum Gasteiger partial charge on any atom is 0.0810 e. The predicted molar refractivity (Wildman–Crippen MR) is 114 cm³/mol. The van der Waals surface area contributed by atoms with E-state index in [9.17, 15) is 5.11 Å². The quantitative estimate of drug-likeness (QED) is 0.713. The van der Waals surface area contributed by atoms with Gasteiger partial charge in [-0.3, -0.25) is 4.68 Å². The molecule has 154 valence electrons. The maximum absolute atomic E-state index is 11.4. The Morgan fingerprint density at radius 1 is 1.11 bits per heavy atom. The van der Waals surface area contributed by atoms with Gasteiger partial charge in [0.25, 0.3) is 0 Å². The zero-order chi connectivity index (χ0) is 19.5. The molecule has 5 rings (SSSR count). The van der Waals surface area contributed by atoms with E-state index in [2.05, 4.69) is 38.0 Å². The van der Waals surface area contributed by atoms with E-state index in [-0.39, 0.29) is 11.5 Å². The van der Waals surface area contributed by atoms with Gasteiger partial charge in [-0.1, -0.05) is 26.7 Å². The topological polar surface area (TPSA) is 38.0 Å². The van der Waals surface area contributed by atoms with Crippen LogP contribution in [0.15, 0.2) is 17.8 Å². The van der Waals surface area contributed by atoms with Gasteiger partial charge in [0.15, 0.2) is 0 Å². The van der Waals surface area contributed by atoms with Gasteiger partial charge in [0, 0.05) is 18.2 Å². The van der Waals surface area contributed by atoms with Crippen LogP contribution in [0.4, 0.5) is 0 Å². The normalized spacial score (nSPS) is 46.9. The van der Waals surface area contributed by atoms with Gasteiger partial charge in [-0.25, -0.2) is 0 Å². The highest BCUT2D eigenvalue weighted by molar-refractivity contribution is 5.52. The second kappa shape index (κ2) is 6.72. The standard InChI is InChI=1S/C25H38N2O/c1-4-27-19(11-14-26-27)15-17-16-22-20-9-8-18-7-5-6-12-24(18,2)21(20)10-13-25(22,3)23(17)28/h11,14-15,18,20-23,28H,4-10,12-13,16H2,1-3H3/b17-15-/t18-,20+,21-,22-,23-,24+,25-/m1/s1. The molecule has 0 aromatic carbocycles.